The van der Waals surface area contributed by atoms with Gasteiger partial charge in [-0.25, -0.2) is 4.79 Å². The van der Waals surface area contributed by atoms with Crippen molar-refractivity contribution >= 4 is 23.6 Å². The first-order valence-electron chi connectivity index (χ1n) is 9.63. The SMILES string of the molecule is C[C@@H](NC(=O)COC(=O)C1CCN(C(=O)Nc2ccccc2)CC1)c1ccco1. The number of rotatable bonds is 6. The van der Waals surface area contributed by atoms with Gasteiger partial charge in [-0.15, -0.1) is 0 Å². The van der Waals surface area contributed by atoms with Crippen LogP contribution in [-0.4, -0.2) is 42.5 Å². The largest absolute Gasteiger partial charge is 0.467 e. The molecule has 154 valence electrons. The third-order valence-electron chi connectivity index (χ3n) is 4.83. The smallest absolute Gasteiger partial charge is 0.321 e. The lowest BCUT2D eigenvalue weighted by molar-refractivity contribution is -0.154. The van der Waals surface area contributed by atoms with Gasteiger partial charge in [0.1, 0.15) is 5.76 Å². The number of urea groups is 1. The fraction of sp³-hybridized carbons (Fsp3) is 0.381. The van der Waals surface area contributed by atoms with Crippen molar-refractivity contribution in [2.24, 2.45) is 5.92 Å². The zero-order chi connectivity index (χ0) is 20.6. The lowest BCUT2D eigenvalue weighted by atomic mass is 9.97. The number of para-hydroxylation sites is 1. The average Bonchev–Trinajstić information content (AvgIpc) is 3.28. The van der Waals surface area contributed by atoms with Crippen LogP contribution in [0.4, 0.5) is 10.5 Å². The topological polar surface area (TPSA) is 101 Å². The summed E-state index contributed by atoms with van der Waals surface area (Å²) in [5, 5.41) is 5.55. The van der Waals surface area contributed by atoms with Crippen LogP contribution in [0.1, 0.15) is 31.6 Å². The van der Waals surface area contributed by atoms with E-state index in [0.29, 0.717) is 31.7 Å². The second-order valence-corrected chi connectivity index (χ2v) is 6.97. The van der Waals surface area contributed by atoms with E-state index in [4.69, 9.17) is 9.15 Å². The number of likely N-dealkylation sites (tertiary alicyclic amines) is 1. The Labute approximate surface area is 169 Å². The van der Waals surface area contributed by atoms with Gasteiger partial charge in [-0.1, -0.05) is 18.2 Å². The molecule has 2 aromatic rings. The molecule has 3 amide bonds. The molecule has 2 N–H and O–H groups in total. The van der Waals surface area contributed by atoms with Gasteiger partial charge < -0.3 is 24.7 Å². The molecule has 8 heteroatoms. The van der Waals surface area contributed by atoms with E-state index in [1.165, 1.54) is 6.26 Å². The number of anilines is 1. The molecule has 1 aromatic carbocycles. The molecule has 3 rings (SSSR count). The monoisotopic (exact) mass is 399 g/mol. The summed E-state index contributed by atoms with van der Waals surface area (Å²) in [5.41, 5.74) is 0.730. The van der Waals surface area contributed by atoms with E-state index in [9.17, 15) is 14.4 Å². The molecule has 8 nitrogen and oxygen atoms in total. The van der Waals surface area contributed by atoms with E-state index in [1.807, 2.05) is 30.3 Å². The van der Waals surface area contributed by atoms with Gasteiger partial charge in [-0.2, -0.15) is 0 Å². The molecule has 0 radical (unpaired) electrons. The minimum Gasteiger partial charge on any atom is -0.467 e. The number of amides is 3. The number of carbonyl (C=O) groups excluding carboxylic acids is 3. The van der Waals surface area contributed by atoms with Gasteiger partial charge in [0.15, 0.2) is 6.61 Å². The summed E-state index contributed by atoms with van der Waals surface area (Å²) in [6.07, 6.45) is 2.54. The Balaban J connectivity index is 1.37. The number of benzene rings is 1. The molecular weight excluding hydrogens is 374 g/mol. The predicted molar refractivity (Wildman–Crippen MR) is 106 cm³/mol. The molecule has 1 aliphatic rings. The van der Waals surface area contributed by atoms with Crippen LogP contribution in [0.25, 0.3) is 0 Å². The number of hydrogen-bond acceptors (Lipinski definition) is 5. The van der Waals surface area contributed by atoms with Gasteiger partial charge in [0.05, 0.1) is 18.2 Å². The van der Waals surface area contributed by atoms with Crippen LogP contribution in [-0.2, 0) is 14.3 Å². The molecule has 2 heterocycles. The summed E-state index contributed by atoms with van der Waals surface area (Å²) < 4.78 is 10.4. The quantitative estimate of drug-likeness (QED) is 0.728. The number of nitrogens with one attached hydrogen (secondary N) is 2. The maximum absolute atomic E-state index is 12.3. The zero-order valence-corrected chi connectivity index (χ0v) is 16.3. The standard InChI is InChI=1S/C21H25N3O5/c1-15(18-8-5-13-28-18)22-19(25)14-29-20(26)16-9-11-24(12-10-16)21(27)23-17-6-3-2-4-7-17/h2-8,13,15-16H,9-12,14H2,1H3,(H,22,25)(H,23,27)/t15-/m1/s1. The highest BCUT2D eigenvalue weighted by molar-refractivity contribution is 5.89. The molecule has 1 aromatic heterocycles. The van der Waals surface area contributed by atoms with Crippen LogP contribution in [0.2, 0.25) is 0 Å². The Morgan fingerprint density at radius 3 is 2.52 bits per heavy atom. The number of furan rings is 1. The van der Waals surface area contributed by atoms with Crippen LogP contribution in [0.3, 0.4) is 0 Å². The highest BCUT2D eigenvalue weighted by Gasteiger charge is 2.29. The summed E-state index contributed by atoms with van der Waals surface area (Å²) in [6, 6.07) is 12.2. The maximum Gasteiger partial charge on any atom is 0.321 e. The van der Waals surface area contributed by atoms with Crippen LogP contribution in [0.5, 0.6) is 0 Å². The van der Waals surface area contributed by atoms with E-state index in [1.54, 1.807) is 24.0 Å². The Kier molecular flexibility index (Phi) is 6.89. The average molecular weight is 399 g/mol. The van der Waals surface area contributed by atoms with Crippen molar-refractivity contribution in [3.05, 3.63) is 54.5 Å². The van der Waals surface area contributed by atoms with Crippen molar-refractivity contribution in [3.8, 4) is 0 Å². The Morgan fingerprint density at radius 2 is 1.86 bits per heavy atom. The van der Waals surface area contributed by atoms with Gasteiger partial charge in [-0.05, 0) is 44.0 Å². The van der Waals surface area contributed by atoms with Crippen LogP contribution < -0.4 is 10.6 Å². The zero-order valence-electron chi connectivity index (χ0n) is 16.3. The molecule has 29 heavy (non-hydrogen) atoms. The highest BCUT2D eigenvalue weighted by atomic mass is 16.5. The summed E-state index contributed by atoms with van der Waals surface area (Å²) in [4.78, 5) is 38.2. The van der Waals surface area contributed by atoms with Gasteiger partial charge in [0, 0.05) is 18.8 Å². The van der Waals surface area contributed by atoms with Crippen LogP contribution in [0.15, 0.2) is 53.1 Å². The minimum atomic E-state index is -0.408. The number of piperidine rings is 1. The third-order valence-corrected chi connectivity index (χ3v) is 4.83. The Morgan fingerprint density at radius 1 is 1.14 bits per heavy atom. The lowest BCUT2D eigenvalue weighted by Crippen LogP contribution is -2.43. The summed E-state index contributed by atoms with van der Waals surface area (Å²) in [5.74, 6) is -0.479. The van der Waals surface area contributed by atoms with Crippen molar-refractivity contribution in [2.75, 3.05) is 25.0 Å². The highest BCUT2D eigenvalue weighted by Crippen LogP contribution is 2.20. The molecule has 1 aliphatic heterocycles. The summed E-state index contributed by atoms with van der Waals surface area (Å²) in [6.45, 7) is 2.37. The molecule has 1 atom stereocenters. The number of carbonyl (C=O) groups is 3. The molecule has 1 fully saturated rings. The molecule has 0 bridgehead atoms. The van der Waals surface area contributed by atoms with E-state index >= 15 is 0 Å². The second kappa shape index (κ2) is 9.77. The van der Waals surface area contributed by atoms with Crippen molar-refractivity contribution in [3.63, 3.8) is 0 Å². The van der Waals surface area contributed by atoms with Gasteiger partial charge in [-0.3, -0.25) is 9.59 Å². The first-order chi connectivity index (χ1) is 14.0. The van der Waals surface area contributed by atoms with E-state index < -0.39 is 5.97 Å². The number of hydrogen-bond donors (Lipinski definition) is 2. The van der Waals surface area contributed by atoms with Crippen molar-refractivity contribution in [2.45, 2.75) is 25.8 Å². The minimum absolute atomic E-state index is 0.186. The van der Waals surface area contributed by atoms with E-state index in [-0.39, 0.29) is 30.5 Å². The third kappa shape index (κ3) is 5.84. The Bertz CT molecular complexity index is 814. The second-order valence-electron chi connectivity index (χ2n) is 6.97. The molecular formula is C21H25N3O5. The number of ether oxygens (including phenoxy) is 1. The molecule has 0 aliphatic carbocycles. The lowest BCUT2D eigenvalue weighted by Gasteiger charge is -2.30. The summed E-state index contributed by atoms with van der Waals surface area (Å²) >= 11 is 0. The first kappa shape index (κ1) is 20.4. The van der Waals surface area contributed by atoms with Crippen LogP contribution in [0, 0.1) is 5.92 Å². The first-order valence-corrected chi connectivity index (χ1v) is 9.63. The Hall–Kier alpha value is -3.29. The fourth-order valence-corrected chi connectivity index (χ4v) is 3.19. The molecule has 0 saturated carbocycles. The van der Waals surface area contributed by atoms with Crippen molar-refractivity contribution < 1.29 is 23.5 Å². The molecule has 0 spiro atoms. The van der Waals surface area contributed by atoms with Gasteiger partial charge in [0.25, 0.3) is 5.91 Å². The number of nitrogens with zero attached hydrogens (tertiary/aromatic N) is 1. The fourth-order valence-electron chi connectivity index (χ4n) is 3.19. The maximum atomic E-state index is 12.3. The van der Waals surface area contributed by atoms with E-state index in [0.717, 1.165) is 5.69 Å². The normalized spacial score (nSPS) is 15.4. The molecule has 0 unspecified atom stereocenters. The van der Waals surface area contributed by atoms with Crippen molar-refractivity contribution in [1.29, 1.82) is 0 Å². The van der Waals surface area contributed by atoms with Crippen LogP contribution >= 0.6 is 0 Å². The number of esters is 1. The van der Waals surface area contributed by atoms with Crippen molar-refractivity contribution in [1.82, 2.24) is 10.2 Å². The summed E-state index contributed by atoms with van der Waals surface area (Å²) in [7, 11) is 0. The van der Waals surface area contributed by atoms with Gasteiger partial charge >= 0.3 is 12.0 Å². The predicted octanol–water partition coefficient (Wildman–Crippen LogP) is 2.94. The van der Waals surface area contributed by atoms with Gasteiger partial charge in [0.2, 0.25) is 0 Å². The van der Waals surface area contributed by atoms with E-state index in [2.05, 4.69) is 10.6 Å². The molecule has 1 saturated heterocycles.